The number of esters is 1. The van der Waals surface area contributed by atoms with E-state index < -0.39 is 5.54 Å². The molecule has 0 unspecified atom stereocenters. The van der Waals surface area contributed by atoms with Crippen molar-refractivity contribution in [2.75, 3.05) is 25.5 Å². The van der Waals surface area contributed by atoms with Crippen LogP contribution in [0.15, 0.2) is 24.3 Å². The molecule has 5 fully saturated rings. The standard InChI is InChI=1S/C21H24N2O3/c1-26-17(25)14-11-19-7-4-9-23-10-8-20(18(19)23)13-5-2-3-6-15(13)22-21(14,20)12-16(19)24/h2-3,5-6,14,18,22H,4,7-12H2,1H3/t14-,18+,19+,20-,21-/m1/s1. The van der Waals surface area contributed by atoms with E-state index in [1.165, 1.54) is 12.7 Å². The molecular formula is C21H24N2O3. The molecule has 3 saturated carbocycles. The third-order valence-corrected chi connectivity index (χ3v) is 8.42. The number of fused-ring (bicyclic) bond motifs is 3. The van der Waals surface area contributed by atoms with E-state index in [0.29, 0.717) is 18.6 Å². The fraction of sp³-hybridized carbons (Fsp3) is 0.619. The molecule has 1 aromatic carbocycles. The molecular weight excluding hydrogens is 328 g/mol. The third kappa shape index (κ3) is 1.33. The molecule has 2 saturated heterocycles. The van der Waals surface area contributed by atoms with Gasteiger partial charge in [0.2, 0.25) is 0 Å². The number of piperidine rings is 1. The van der Waals surface area contributed by atoms with E-state index in [-0.39, 0.29) is 28.8 Å². The summed E-state index contributed by atoms with van der Waals surface area (Å²) in [6, 6.07) is 8.71. The van der Waals surface area contributed by atoms with Gasteiger partial charge in [-0.1, -0.05) is 18.2 Å². The van der Waals surface area contributed by atoms with Crippen molar-refractivity contribution >= 4 is 17.4 Å². The van der Waals surface area contributed by atoms with Crippen LogP contribution in [0.1, 0.15) is 37.7 Å². The van der Waals surface area contributed by atoms with Crippen molar-refractivity contribution in [3.8, 4) is 0 Å². The number of ether oxygens (including phenoxy) is 1. The van der Waals surface area contributed by atoms with Crippen molar-refractivity contribution in [1.82, 2.24) is 4.90 Å². The first-order chi connectivity index (χ1) is 12.6. The van der Waals surface area contributed by atoms with E-state index in [1.54, 1.807) is 0 Å². The number of para-hydroxylation sites is 1. The summed E-state index contributed by atoms with van der Waals surface area (Å²) < 4.78 is 5.26. The van der Waals surface area contributed by atoms with Crippen LogP contribution < -0.4 is 5.32 Å². The summed E-state index contributed by atoms with van der Waals surface area (Å²) in [4.78, 5) is 28.9. The molecule has 136 valence electrons. The SMILES string of the molecule is COC(=O)[C@H]1C[C@@]23CCCN4CC[C@@]5(c6ccccc6N[C@]15CC2=O)[C@@H]43. The van der Waals surface area contributed by atoms with Crippen molar-refractivity contribution in [3.05, 3.63) is 29.8 Å². The van der Waals surface area contributed by atoms with Gasteiger partial charge in [-0.15, -0.1) is 0 Å². The fourth-order valence-electron chi connectivity index (χ4n) is 7.75. The molecule has 3 heterocycles. The average Bonchev–Trinajstić information content (AvgIpc) is 3.19. The van der Waals surface area contributed by atoms with Crippen LogP contribution in [0.3, 0.4) is 0 Å². The van der Waals surface area contributed by atoms with Crippen LogP contribution in [0.5, 0.6) is 0 Å². The lowest BCUT2D eigenvalue weighted by atomic mass is 9.38. The number of Topliss-reactive ketones (excluding diaryl/α,β-unsaturated/α-hetero) is 1. The smallest absolute Gasteiger partial charge is 0.311 e. The lowest BCUT2D eigenvalue weighted by molar-refractivity contribution is -0.178. The minimum Gasteiger partial charge on any atom is -0.469 e. The zero-order valence-electron chi connectivity index (χ0n) is 15.1. The summed E-state index contributed by atoms with van der Waals surface area (Å²) in [5.74, 6) is -0.0453. The van der Waals surface area contributed by atoms with Gasteiger partial charge in [0.15, 0.2) is 0 Å². The topological polar surface area (TPSA) is 58.6 Å². The molecule has 1 N–H and O–H groups in total. The fourth-order valence-corrected chi connectivity index (χ4v) is 7.75. The summed E-state index contributed by atoms with van der Waals surface area (Å²) in [5, 5.41) is 3.73. The molecule has 5 atom stereocenters. The van der Waals surface area contributed by atoms with Gasteiger partial charge in [-0.3, -0.25) is 14.5 Å². The minimum absolute atomic E-state index is 0.154. The van der Waals surface area contributed by atoms with Gasteiger partial charge in [0.1, 0.15) is 5.78 Å². The molecule has 2 bridgehead atoms. The van der Waals surface area contributed by atoms with Gasteiger partial charge in [-0.2, -0.15) is 0 Å². The predicted octanol–water partition coefficient (Wildman–Crippen LogP) is 2.11. The maximum atomic E-state index is 13.5. The highest BCUT2D eigenvalue weighted by atomic mass is 16.5. The van der Waals surface area contributed by atoms with Crippen LogP contribution >= 0.6 is 0 Å². The number of rotatable bonds is 1. The third-order valence-electron chi connectivity index (χ3n) is 8.42. The average molecular weight is 352 g/mol. The van der Waals surface area contributed by atoms with E-state index in [9.17, 15) is 9.59 Å². The van der Waals surface area contributed by atoms with Crippen molar-refractivity contribution < 1.29 is 14.3 Å². The Morgan fingerprint density at radius 1 is 1.27 bits per heavy atom. The van der Waals surface area contributed by atoms with Crippen molar-refractivity contribution in [2.24, 2.45) is 11.3 Å². The maximum Gasteiger partial charge on any atom is 0.311 e. The molecule has 5 nitrogen and oxygen atoms in total. The number of hydrogen-bond acceptors (Lipinski definition) is 5. The first-order valence-electron chi connectivity index (χ1n) is 9.82. The summed E-state index contributed by atoms with van der Waals surface area (Å²) in [7, 11) is 1.48. The van der Waals surface area contributed by atoms with E-state index in [4.69, 9.17) is 4.74 Å². The molecule has 5 heteroatoms. The molecule has 0 aromatic heterocycles. The Balaban J connectivity index is 1.68. The Morgan fingerprint density at radius 3 is 2.96 bits per heavy atom. The van der Waals surface area contributed by atoms with Gasteiger partial charge in [0.05, 0.1) is 18.6 Å². The van der Waals surface area contributed by atoms with Crippen molar-refractivity contribution in [3.63, 3.8) is 0 Å². The zero-order chi connectivity index (χ0) is 17.7. The summed E-state index contributed by atoms with van der Waals surface area (Å²) >= 11 is 0. The Bertz CT molecular complexity index is 853. The molecule has 3 spiro atoms. The van der Waals surface area contributed by atoms with E-state index in [2.05, 4.69) is 28.4 Å². The predicted molar refractivity (Wildman–Crippen MR) is 95.9 cm³/mol. The van der Waals surface area contributed by atoms with E-state index in [0.717, 1.165) is 38.0 Å². The van der Waals surface area contributed by atoms with Gasteiger partial charge in [-0.05, 0) is 50.4 Å². The van der Waals surface area contributed by atoms with Crippen LogP contribution in [0.25, 0.3) is 0 Å². The van der Waals surface area contributed by atoms with Gasteiger partial charge in [-0.25, -0.2) is 0 Å². The number of ketones is 1. The van der Waals surface area contributed by atoms with Crippen LogP contribution in [0.2, 0.25) is 0 Å². The second-order valence-corrected chi connectivity index (χ2v) is 8.94. The summed E-state index contributed by atoms with van der Waals surface area (Å²) in [5.41, 5.74) is 1.36. The highest BCUT2D eigenvalue weighted by Gasteiger charge is 2.81. The number of benzene rings is 1. The highest BCUT2D eigenvalue weighted by molar-refractivity contribution is 5.96. The minimum atomic E-state index is -0.528. The Morgan fingerprint density at radius 2 is 2.12 bits per heavy atom. The monoisotopic (exact) mass is 352 g/mol. The maximum absolute atomic E-state index is 13.5. The van der Waals surface area contributed by atoms with Crippen LogP contribution in [-0.2, 0) is 19.7 Å². The Labute approximate surface area is 153 Å². The number of nitrogens with one attached hydrogen (secondary N) is 1. The normalized spacial score (nSPS) is 44.9. The Hall–Kier alpha value is -1.88. The molecule has 1 aromatic rings. The number of methoxy groups -OCH3 is 1. The molecule has 3 aliphatic heterocycles. The van der Waals surface area contributed by atoms with E-state index >= 15 is 0 Å². The second kappa shape index (κ2) is 4.50. The number of hydrogen-bond donors (Lipinski definition) is 1. The van der Waals surface area contributed by atoms with Crippen molar-refractivity contribution in [1.29, 1.82) is 0 Å². The lowest BCUT2D eigenvalue weighted by Gasteiger charge is -2.67. The van der Waals surface area contributed by atoms with E-state index in [1.807, 2.05) is 6.07 Å². The first-order valence-corrected chi connectivity index (χ1v) is 9.82. The largest absolute Gasteiger partial charge is 0.469 e. The van der Waals surface area contributed by atoms with Crippen LogP contribution in [0, 0.1) is 11.3 Å². The number of nitrogens with zero attached hydrogens (tertiary/aromatic N) is 1. The number of anilines is 1. The summed E-state index contributed by atoms with van der Waals surface area (Å²) in [6.07, 6.45) is 4.08. The molecule has 6 aliphatic rings. The van der Waals surface area contributed by atoms with Crippen LogP contribution in [-0.4, -0.2) is 48.4 Å². The second-order valence-electron chi connectivity index (χ2n) is 8.94. The van der Waals surface area contributed by atoms with Crippen molar-refractivity contribution in [2.45, 2.75) is 49.1 Å². The molecule has 26 heavy (non-hydrogen) atoms. The number of carbonyl (C=O) groups excluding carboxylic acids is 2. The van der Waals surface area contributed by atoms with Gasteiger partial charge >= 0.3 is 5.97 Å². The molecule has 3 aliphatic carbocycles. The van der Waals surface area contributed by atoms with Gasteiger partial charge < -0.3 is 10.1 Å². The Kier molecular flexibility index (Phi) is 2.63. The summed E-state index contributed by atoms with van der Waals surface area (Å²) in [6.45, 7) is 2.09. The lowest BCUT2D eigenvalue weighted by Crippen LogP contribution is -2.79. The highest BCUT2D eigenvalue weighted by Crippen LogP contribution is 2.73. The molecule has 0 amide bonds. The number of carbonyl (C=O) groups is 2. The van der Waals surface area contributed by atoms with Gasteiger partial charge in [0.25, 0.3) is 0 Å². The molecule has 0 radical (unpaired) electrons. The first kappa shape index (κ1) is 15.2. The quantitative estimate of drug-likeness (QED) is 0.785. The molecule has 7 rings (SSSR count). The van der Waals surface area contributed by atoms with Gasteiger partial charge in [0, 0.05) is 29.0 Å². The van der Waals surface area contributed by atoms with Crippen LogP contribution in [0.4, 0.5) is 5.69 Å². The zero-order valence-corrected chi connectivity index (χ0v) is 15.1.